The standard InChI is InChI=1S/C17H20N2O/c1-3-5-15-8-12-17(13-9-15)19(20)18-16-10-6-14(4-2)7-11-16/h6-13H,3-5H2,1-2H3. The normalized spacial score (nSPS) is 11.6. The van der Waals surface area contributed by atoms with Crippen molar-refractivity contribution in [2.45, 2.75) is 33.1 Å². The Bertz CT molecular complexity index is 571. The lowest BCUT2D eigenvalue weighted by Gasteiger charge is -2.02. The van der Waals surface area contributed by atoms with E-state index in [0.717, 1.165) is 19.3 Å². The summed E-state index contributed by atoms with van der Waals surface area (Å²) in [6, 6.07) is 15.3. The number of rotatable bonds is 5. The average molecular weight is 268 g/mol. The minimum Gasteiger partial charge on any atom is -0.594 e. The van der Waals surface area contributed by atoms with Crippen LogP contribution in [0.2, 0.25) is 0 Å². The Hall–Kier alpha value is -2.16. The smallest absolute Gasteiger partial charge is 0.244 e. The molecule has 0 aliphatic rings. The Balaban J connectivity index is 2.16. The average Bonchev–Trinajstić information content (AvgIpc) is 2.49. The summed E-state index contributed by atoms with van der Waals surface area (Å²) in [5.41, 5.74) is 3.72. The molecule has 0 heterocycles. The molecule has 0 amide bonds. The first kappa shape index (κ1) is 14.3. The SMILES string of the molecule is CCCc1ccc([N+]([O-])=Nc2ccc(CC)cc2)cc1. The number of nitrogens with zero attached hydrogens (tertiary/aromatic N) is 2. The molecule has 0 bridgehead atoms. The molecule has 0 aromatic heterocycles. The van der Waals surface area contributed by atoms with Gasteiger partial charge in [0.2, 0.25) is 5.69 Å². The predicted molar refractivity (Wildman–Crippen MR) is 81.6 cm³/mol. The molecule has 0 fully saturated rings. The quantitative estimate of drug-likeness (QED) is 0.421. The van der Waals surface area contributed by atoms with Gasteiger partial charge in [-0.3, -0.25) is 0 Å². The van der Waals surface area contributed by atoms with E-state index in [1.54, 1.807) is 0 Å². The van der Waals surface area contributed by atoms with E-state index >= 15 is 0 Å². The van der Waals surface area contributed by atoms with Gasteiger partial charge in [0, 0.05) is 17.2 Å². The molecule has 104 valence electrons. The first-order valence-corrected chi connectivity index (χ1v) is 7.09. The Morgan fingerprint density at radius 1 is 0.900 bits per heavy atom. The third kappa shape index (κ3) is 3.67. The highest BCUT2D eigenvalue weighted by atomic mass is 16.5. The molecule has 3 heteroatoms. The molecule has 0 unspecified atom stereocenters. The summed E-state index contributed by atoms with van der Waals surface area (Å²) < 4.78 is 0. The molecule has 0 aliphatic heterocycles. The largest absolute Gasteiger partial charge is 0.594 e. The molecule has 0 aliphatic carbocycles. The highest BCUT2D eigenvalue weighted by molar-refractivity contribution is 5.38. The van der Waals surface area contributed by atoms with E-state index < -0.39 is 0 Å². The van der Waals surface area contributed by atoms with E-state index in [1.165, 1.54) is 11.1 Å². The monoisotopic (exact) mass is 268 g/mol. The van der Waals surface area contributed by atoms with Gasteiger partial charge in [0.05, 0.1) is 0 Å². The van der Waals surface area contributed by atoms with Crippen LogP contribution in [-0.4, -0.2) is 4.86 Å². The summed E-state index contributed by atoms with van der Waals surface area (Å²) in [5.74, 6) is 0. The zero-order valence-electron chi connectivity index (χ0n) is 12.0. The molecule has 0 atom stereocenters. The Morgan fingerprint density at radius 2 is 1.50 bits per heavy atom. The van der Waals surface area contributed by atoms with Gasteiger partial charge in [0.15, 0.2) is 0 Å². The lowest BCUT2D eigenvalue weighted by Crippen LogP contribution is -1.91. The van der Waals surface area contributed by atoms with Crippen molar-refractivity contribution in [3.8, 4) is 0 Å². The molecule has 2 aromatic carbocycles. The van der Waals surface area contributed by atoms with Crippen LogP contribution in [0.15, 0.2) is 53.6 Å². The molecule has 2 rings (SSSR count). The molecule has 0 N–H and O–H groups in total. The lowest BCUT2D eigenvalue weighted by molar-refractivity contribution is -0.435. The van der Waals surface area contributed by atoms with Crippen LogP contribution in [-0.2, 0) is 12.8 Å². The van der Waals surface area contributed by atoms with Crippen molar-refractivity contribution in [3.63, 3.8) is 0 Å². The molecule has 0 spiro atoms. The fourth-order valence-electron chi connectivity index (χ4n) is 2.04. The van der Waals surface area contributed by atoms with Gasteiger partial charge in [0.1, 0.15) is 5.69 Å². The van der Waals surface area contributed by atoms with Crippen molar-refractivity contribution in [2.24, 2.45) is 5.11 Å². The maximum atomic E-state index is 12.0. The number of hydrogen-bond acceptors (Lipinski definition) is 2. The summed E-state index contributed by atoms with van der Waals surface area (Å²) in [7, 11) is 0. The second kappa shape index (κ2) is 6.85. The van der Waals surface area contributed by atoms with Gasteiger partial charge >= 0.3 is 0 Å². The van der Waals surface area contributed by atoms with Gasteiger partial charge < -0.3 is 5.21 Å². The Labute approximate surface area is 120 Å². The van der Waals surface area contributed by atoms with Crippen molar-refractivity contribution in [1.29, 1.82) is 0 Å². The van der Waals surface area contributed by atoms with E-state index in [4.69, 9.17) is 0 Å². The van der Waals surface area contributed by atoms with Crippen LogP contribution in [0.3, 0.4) is 0 Å². The molecule has 2 aromatic rings. The van der Waals surface area contributed by atoms with E-state index in [9.17, 15) is 5.21 Å². The van der Waals surface area contributed by atoms with Crippen molar-refractivity contribution in [2.75, 3.05) is 0 Å². The van der Waals surface area contributed by atoms with Crippen LogP contribution < -0.4 is 0 Å². The first-order valence-electron chi connectivity index (χ1n) is 7.09. The Morgan fingerprint density at radius 3 is 2.05 bits per heavy atom. The summed E-state index contributed by atoms with van der Waals surface area (Å²) in [6.07, 6.45) is 3.13. The van der Waals surface area contributed by atoms with E-state index in [-0.39, 0.29) is 0 Å². The van der Waals surface area contributed by atoms with Crippen LogP contribution in [0, 0.1) is 5.21 Å². The lowest BCUT2D eigenvalue weighted by atomic mass is 10.1. The first-order chi connectivity index (χ1) is 9.72. The highest BCUT2D eigenvalue weighted by Crippen LogP contribution is 2.19. The molecular weight excluding hydrogens is 248 g/mol. The minimum absolute atomic E-state index is 0.560. The fourth-order valence-corrected chi connectivity index (χ4v) is 2.04. The number of azo groups is 1. The molecule has 0 saturated heterocycles. The van der Waals surface area contributed by atoms with E-state index in [2.05, 4.69) is 19.0 Å². The summed E-state index contributed by atoms with van der Waals surface area (Å²) >= 11 is 0. The van der Waals surface area contributed by atoms with Crippen LogP contribution >= 0.6 is 0 Å². The zero-order chi connectivity index (χ0) is 14.4. The molecule has 20 heavy (non-hydrogen) atoms. The molecule has 0 radical (unpaired) electrons. The van der Waals surface area contributed by atoms with E-state index in [0.29, 0.717) is 16.2 Å². The summed E-state index contributed by atoms with van der Waals surface area (Å²) in [4.78, 5) is 0.677. The number of aryl methyl sites for hydroxylation is 2. The number of benzene rings is 2. The highest BCUT2D eigenvalue weighted by Gasteiger charge is 2.04. The van der Waals surface area contributed by atoms with Crippen molar-refractivity contribution in [1.82, 2.24) is 0 Å². The second-order valence-electron chi connectivity index (χ2n) is 4.81. The van der Waals surface area contributed by atoms with Crippen molar-refractivity contribution < 1.29 is 4.86 Å². The van der Waals surface area contributed by atoms with Gasteiger partial charge in [-0.25, -0.2) is 0 Å². The molecular formula is C17H20N2O. The zero-order valence-corrected chi connectivity index (χ0v) is 12.0. The predicted octanol–water partition coefficient (Wildman–Crippen LogP) is 5.13. The van der Waals surface area contributed by atoms with Crippen LogP contribution in [0.25, 0.3) is 0 Å². The third-order valence-corrected chi connectivity index (χ3v) is 3.25. The van der Waals surface area contributed by atoms with Crippen molar-refractivity contribution >= 4 is 11.4 Å². The summed E-state index contributed by atoms with van der Waals surface area (Å²) in [6.45, 7) is 4.24. The fraction of sp³-hybridized carbons (Fsp3) is 0.294. The van der Waals surface area contributed by atoms with E-state index in [1.807, 2.05) is 48.5 Å². The van der Waals surface area contributed by atoms with Crippen LogP contribution in [0.1, 0.15) is 31.4 Å². The maximum Gasteiger partial charge on any atom is 0.244 e. The minimum atomic E-state index is 0.560. The number of hydrogen-bond donors (Lipinski definition) is 0. The van der Waals surface area contributed by atoms with Gasteiger partial charge in [-0.15, -0.1) is 0 Å². The third-order valence-electron chi connectivity index (χ3n) is 3.25. The van der Waals surface area contributed by atoms with Crippen molar-refractivity contribution in [3.05, 3.63) is 64.9 Å². The Kier molecular flexibility index (Phi) is 4.88. The van der Waals surface area contributed by atoms with Crippen LogP contribution in [0.4, 0.5) is 11.4 Å². The molecule has 3 nitrogen and oxygen atoms in total. The van der Waals surface area contributed by atoms with Gasteiger partial charge in [0.25, 0.3) is 0 Å². The maximum absolute atomic E-state index is 12.0. The van der Waals surface area contributed by atoms with Gasteiger partial charge in [-0.1, -0.05) is 49.4 Å². The second-order valence-corrected chi connectivity index (χ2v) is 4.81. The van der Waals surface area contributed by atoms with Crippen LogP contribution in [0.5, 0.6) is 0 Å². The summed E-state index contributed by atoms with van der Waals surface area (Å²) in [5, 5.41) is 16.0. The van der Waals surface area contributed by atoms with Gasteiger partial charge in [-0.2, -0.15) is 0 Å². The topological polar surface area (TPSA) is 38.4 Å². The molecule has 0 saturated carbocycles. The van der Waals surface area contributed by atoms with Gasteiger partial charge in [-0.05, 0) is 36.1 Å².